The predicted octanol–water partition coefficient (Wildman–Crippen LogP) is 7.26. The van der Waals surface area contributed by atoms with E-state index < -0.39 is 11.1 Å². The minimum Gasteiger partial charge on any atom is -0.313 e. The van der Waals surface area contributed by atoms with Crippen molar-refractivity contribution < 1.29 is 10.4 Å². The molecule has 0 saturated heterocycles. The van der Waals surface area contributed by atoms with Crippen LogP contribution >= 0.6 is 0 Å². The molecule has 1 aromatic carbocycles. The zero-order valence-corrected chi connectivity index (χ0v) is 21.5. The molecule has 0 spiro atoms. The molecular weight excluding hydrogens is 396 g/mol. The number of hydrogen-bond donors (Lipinski definition) is 2. The smallest absolute Gasteiger partial charge is 0.0628 e. The Hall–Kier alpha value is -1.46. The van der Waals surface area contributed by atoms with E-state index in [9.17, 15) is 10.4 Å². The summed E-state index contributed by atoms with van der Waals surface area (Å²) in [6.45, 7) is 17.1. The Morgan fingerprint density at radius 1 is 0.844 bits per heavy atom. The molecule has 2 N–H and O–H groups in total. The van der Waals surface area contributed by atoms with Crippen LogP contribution in [0.1, 0.15) is 86.3 Å². The lowest BCUT2D eigenvalue weighted by molar-refractivity contribution is -0.227. The monoisotopic (exact) mass is 442 g/mol. The van der Waals surface area contributed by atoms with Gasteiger partial charge >= 0.3 is 0 Å². The van der Waals surface area contributed by atoms with E-state index in [2.05, 4.69) is 91.8 Å². The van der Waals surface area contributed by atoms with Gasteiger partial charge in [-0.15, -0.1) is 0 Å². The van der Waals surface area contributed by atoms with Gasteiger partial charge in [0.05, 0.1) is 6.04 Å². The first-order valence-electron chi connectivity index (χ1n) is 12.2. The highest BCUT2D eigenvalue weighted by atomic mass is 16.5. The fourth-order valence-electron chi connectivity index (χ4n) is 4.89. The van der Waals surface area contributed by atoms with Crippen LogP contribution in [0.4, 0.5) is 0 Å². The minimum atomic E-state index is -0.441. The Kier molecular flexibility index (Phi) is 9.30. The summed E-state index contributed by atoms with van der Waals surface area (Å²) in [6, 6.07) is 10.2. The molecule has 180 valence electrons. The topological polar surface area (TPSA) is 46.9 Å². The lowest BCUT2D eigenvalue weighted by Gasteiger charge is -2.46. The van der Waals surface area contributed by atoms with Gasteiger partial charge in [-0.3, -0.25) is 0 Å². The fraction of sp³-hybridized carbons (Fsp3) is 0.643. The second-order valence-electron chi connectivity index (χ2n) is 11.4. The van der Waals surface area contributed by atoms with Gasteiger partial charge in [-0.1, -0.05) is 82.3 Å². The van der Waals surface area contributed by atoms with Gasteiger partial charge in [-0.2, -0.15) is 10.1 Å². The first kappa shape index (κ1) is 26.8. The van der Waals surface area contributed by atoms with E-state index in [0.717, 1.165) is 24.8 Å². The molecule has 4 nitrogen and oxygen atoms in total. The van der Waals surface area contributed by atoms with Crippen molar-refractivity contribution in [3.05, 3.63) is 60.2 Å². The van der Waals surface area contributed by atoms with Crippen molar-refractivity contribution in [1.29, 1.82) is 0 Å². The molecule has 4 heteroatoms. The van der Waals surface area contributed by atoms with Crippen molar-refractivity contribution in [3.8, 4) is 0 Å². The van der Waals surface area contributed by atoms with E-state index in [0.29, 0.717) is 11.8 Å². The number of benzene rings is 1. The third kappa shape index (κ3) is 6.54. The summed E-state index contributed by atoms with van der Waals surface area (Å²) in [5.41, 5.74) is 0.268. The van der Waals surface area contributed by atoms with Crippen LogP contribution < -0.4 is 0 Å². The third-order valence-corrected chi connectivity index (χ3v) is 7.04. The van der Waals surface area contributed by atoms with Gasteiger partial charge in [-0.25, -0.2) is 0 Å². The van der Waals surface area contributed by atoms with Crippen molar-refractivity contribution >= 4 is 0 Å². The molecule has 2 rings (SSSR count). The second kappa shape index (κ2) is 11.1. The zero-order chi connectivity index (χ0) is 24.1. The Bertz CT molecular complexity index is 752. The standard InChI is InChI=1S/C28H46N2O2/c1-21(2)25(23-15-11-9-12-16-23)29(31)27(5,6)19-20-28(7,8)30(32)26(22(3)4)24-17-13-10-14-18-24/h9-17,21-22,24-26,31-32H,18-20H2,1-8H3. The number of hydrogen-bond acceptors (Lipinski definition) is 4. The summed E-state index contributed by atoms with van der Waals surface area (Å²) in [5, 5.41) is 25.8. The molecule has 0 aromatic heterocycles. The van der Waals surface area contributed by atoms with E-state index in [4.69, 9.17) is 0 Å². The van der Waals surface area contributed by atoms with Gasteiger partial charge in [0, 0.05) is 17.1 Å². The quantitative estimate of drug-likeness (QED) is 0.354. The molecular formula is C28H46N2O2. The first-order valence-corrected chi connectivity index (χ1v) is 12.2. The van der Waals surface area contributed by atoms with Crippen LogP contribution in [0.25, 0.3) is 0 Å². The minimum absolute atomic E-state index is 0.0484. The first-order chi connectivity index (χ1) is 14.9. The lowest BCUT2D eigenvalue weighted by Crippen LogP contribution is -2.54. The van der Waals surface area contributed by atoms with E-state index >= 15 is 0 Å². The highest BCUT2D eigenvalue weighted by Gasteiger charge is 2.40. The summed E-state index contributed by atoms with van der Waals surface area (Å²) in [7, 11) is 0. The molecule has 32 heavy (non-hydrogen) atoms. The van der Waals surface area contributed by atoms with Crippen molar-refractivity contribution in [2.75, 3.05) is 0 Å². The van der Waals surface area contributed by atoms with Gasteiger partial charge in [0.15, 0.2) is 0 Å². The van der Waals surface area contributed by atoms with Crippen molar-refractivity contribution in [2.45, 2.75) is 97.8 Å². The molecule has 0 fully saturated rings. The van der Waals surface area contributed by atoms with E-state index in [1.807, 2.05) is 18.2 Å². The molecule has 1 aromatic rings. The molecule has 0 radical (unpaired) electrons. The largest absolute Gasteiger partial charge is 0.313 e. The van der Waals surface area contributed by atoms with Gasteiger partial charge in [0.25, 0.3) is 0 Å². The van der Waals surface area contributed by atoms with Crippen molar-refractivity contribution in [3.63, 3.8) is 0 Å². The van der Waals surface area contributed by atoms with Gasteiger partial charge in [0.2, 0.25) is 0 Å². The van der Waals surface area contributed by atoms with Crippen LogP contribution in [0, 0.1) is 17.8 Å². The van der Waals surface area contributed by atoms with Gasteiger partial charge in [0.1, 0.15) is 0 Å². The highest BCUT2D eigenvalue weighted by molar-refractivity contribution is 5.20. The maximum absolute atomic E-state index is 11.4. The van der Waals surface area contributed by atoms with Crippen LogP contribution in [-0.4, -0.2) is 37.7 Å². The predicted molar refractivity (Wildman–Crippen MR) is 134 cm³/mol. The molecule has 0 heterocycles. The molecule has 3 unspecified atom stereocenters. The number of nitrogens with zero attached hydrogens (tertiary/aromatic N) is 2. The summed E-state index contributed by atoms with van der Waals surface area (Å²) in [4.78, 5) is 0. The SMILES string of the molecule is CC(C)C(c1ccccc1)N(O)C(C)(C)CCC(C)(C)N(O)C(C(C)C)C1C=CC=CC1. The second-order valence-corrected chi connectivity index (χ2v) is 11.4. The van der Waals surface area contributed by atoms with E-state index in [-0.39, 0.29) is 18.0 Å². The van der Waals surface area contributed by atoms with Crippen LogP contribution in [0.2, 0.25) is 0 Å². The van der Waals surface area contributed by atoms with E-state index in [1.54, 1.807) is 10.1 Å². The average Bonchev–Trinajstić information content (AvgIpc) is 2.73. The maximum atomic E-state index is 11.4. The highest BCUT2D eigenvalue weighted by Crippen LogP contribution is 2.37. The van der Waals surface area contributed by atoms with Crippen molar-refractivity contribution in [1.82, 2.24) is 10.1 Å². The molecule has 3 atom stereocenters. The fourth-order valence-corrected chi connectivity index (χ4v) is 4.89. The van der Waals surface area contributed by atoms with Gasteiger partial charge < -0.3 is 10.4 Å². The molecule has 0 amide bonds. The van der Waals surface area contributed by atoms with Crippen LogP contribution in [-0.2, 0) is 0 Å². The van der Waals surface area contributed by atoms with Crippen molar-refractivity contribution in [2.24, 2.45) is 17.8 Å². The summed E-state index contributed by atoms with van der Waals surface area (Å²) >= 11 is 0. The summed E-state index contributed by atoms with van der Waals surface area (Å²) < 4.78 is 0. The molecule has 0 bridgehead atoms. The van der Waals surface area contributed by atoms with Gasteiger partial charge in [-0.05, 0) is 70.3 Å². The Morgan fingerprint density at radius 3 is 1.88 bits per heavy atom. The molecule has 0 saturated carbocycles. The number of hydroxylamine groups is 4. The van der Waals surface area contributed by atoms with Crippen LogP contribution in [0.15, 0.2) is 54.6 Å². The normalized spacial score (nSPS) is 19.4. The third-order valence-electron chi connectivity index (χ3n) is 7.04. The number of rotatable bonds is 11. The lowest BCUT2D eigenvalue weighted by atomic mass is 9.81. The Morgan fingerprint density at radius 2 is 1.41 bits per heavy atom. The Balaban J connectivity index is 2.14. The maximum Gasteiger partial charge on any atom is 0.0628 e. The number of allylic oxidation sites excluding steroid dienone is 3. The summed E-state index contributed by atoms with van der Waals surface area (Å²) in [6.07, 6.45) is 11.1. The molecule has 1 aliphatic rings. The average molecular weight is 443 g/mol. The van der Waals surface area contributed by atoms with Crippen LogP contribution in [0.3, 0.4) is 0 Å². The molecule has 0 aliphatic heterocycles. The van der Waals surface area contributed by atoms with E-state index in [1.165, 1.54) is 0 Å². The van der Waals surface area contributed by atoms with Crippen LogP contribution in [0.5, 0.6) is 0 Å². The molecule has 1 aliphatic carbocycles. The Labute approximate surface area is 196 Å². The summed E-state index contributed by atoms with van der Waals surface area (Å²) in [5.74, 6) is 0.890. The zero-order valence-electron chi connectivity index (χ0n) is 21.5.